The van der Waals surface area contributed by atoms with Crippen molar-refractivity contribution < 1.29 is 4.74 Å². The maximum atomic E-state index is 5.61. The average molecular weight is 532 g/mol. The Bertz CT molecular complexity index is 562. The second kappa shape index (κ2) is 16.6. The molecule has 7 heteroatoms. The van der Waals surface area contributed by atoms with Crippen LogP contribution in [0.1, 0.15) is 33.1 Å². The van der Waals surface area contributed by atoms with E-state index in [-0.39, 0.29) is 24.0 Å². The van der Waals surface area contributed by atoms with Gasteiger partial charge in [0, 0.05) is 65.2 Å². The van der Waals surface area contributed by atoms with E-state index in [4.69, 9.17) is 4.74 Å². The summed E-state index contributed by atoms with van der Waals surface area (Å²) in [6, 6.07) is 10.7. The fraction of sp³-hybridized carbons (Fsp3) is 0.696. The van der Waals surface area contributed by atoms with Gasteiger partial charge in [-0.05, 0) is 43.9 Å². The van der Waals surface area contributed by atoms with Crippen molar-refractivity contribution in [2.24, 2.45) is 10.9 Å². The van der Waals surface area contributed by atoms with Crippen molar-refractivity contribution in [3.05, 3.63) is 30.3 Å². The van der Waals surface area contributed by atoms with E-state index in [9.17, 15) is 0 Å². The molecule has 1 fully saturated rings. The highest BCUT2D eigenvalue weighted by Crippen LogP contribution is 2.15. The van der Waals surface area contributed by atoms with E-state index >= 15 is 0 Å². The second-order valence-electron chi connectivity index (χ2n) is 8.12. The van der Waals surface area contributed by atoms with Crippen LogP contribution in [0.2, 0.25) is 0 Å². The van der Waals surface area contributed by atoms with Crippen LogP contribution in [0.15, 0.2) is 35.3 Å². The number of hydrogen-bond donors (Lipinski definition) is 2. The number of hydrogen-bond acceptors (Lipinski definition) is 4. The van der Waals surface area contributed by atoms with Gasteiger partial charge in [-0.15, -0.1) is 24.0 Å². The molecule has 0 radical (unpaired) electrons. The molecule has 1 aliphatic heterocycles. The lowest BCUT2D eigenvalue weighted by Crippen LogP contribution is -2.46. The molecular weight excluding hydrogens is 489 g/mol. The largest absolute Gasteiger partial charge is 0.381 e. The molecule has 0 amide bonds. The highest BCUT2D eigenvalue weighted by Gasteiger charge is 2.16. The number of nitrogens with zero attached hydrogens (tertiary/aromatic N) is 3. The topological polar surface area (TPSA) is 52.1 Å². The number of ether oxygens (including phenoxy) is 1. The van der Waals surface area contributed by atoms with Gasteiger partial charge >= 0.3 is 0 Å². The van der Waals surface area contributed by atoms with Gasteiger partial charge in [0.25, 0.3) is 0 Å². The Kier molecular flexibility index (Phi) is 14.9. The van der Waals surface area contributed by atoms with Crippen molar-refractivity contribution in [2.75, 3.05) is 71.0 Å². The van der Waals surface area contributed by atoms with Crippen LogP contribution in [0.4, 0.5) is 5.69 Å². The summed E-state index contributed by atoms with van der Waals surface area (Å²) in [5.41, 5.74) is 1.35. The van der Waals surface area contributed by atoms with Crippen LogP contribution in [0.25, 0.3) is 0 Å². The number of unbranched alkanes of at least 4 members (excludes halogenated alkanes) is 1. The summed E-state index contributed by atoms with van der Waals surface area (Å²) in [5.74, 6) is 1.50. The Morgan fingerprint density at radius 2 is 1.67 bits per heavy atom. The van der Waals surface area contributed by atoms with Gasteiger partial charge in [-0.3, -0.25) is 9.89 Å². The zero-order chi connectivity index (χ0) is 20.7. The molecule has 0 saturated carbocycles. The van der Waals surface area contributed by atoms with E-state index in [2.05, 4.69) is 69.6 Å². The molecule has 1 aromatic carbocycles. The van der Waals surface area contributed by atoms with E-state index in [1.54, 1.807) is 0 Å². The molecule has 1 aromatic rings. The summed E-state index contributed by atoms with van der Waals surface area (Å²) >= 11 is 0. The summed E-state index contributed by atoms with van der Waals surface area (Å²) in [6.45, 7) is 13.6. The first-order valence-electron chi connectivity index (χ1n) is 11.2. The Morgan fingerprint density at radius 3 is 2.30 bits per heavy atom. The smallest absolute Gasteiger partial charge is 0.190 e. The molecule has 172 valence electrons. The molecule has 2 rings (SSSR count). The van der Waals surface area contributed by atoms with E-state index in [1.165, 1.54) is 18.7 Å². The molecule has 2 N–H and O–H groups in total. The van der Waals surface area contributed by atoms with Crippen LogP contribution in [-0.4, -0.2) is 76.9 Å². The fourth-order valence-electron chi connectivity index (χ4n) is 3.46. The van der Waals surface area contributed by atoms with Crippen molar-refractivity contribution in [2.45, 2.75) is 33.1 Å². The third-order valence-corrected chi connectivity index (χ3v) is 5.12. The quantitative estimate of drug-likeness (QED) is 0.187. The molecule has 0 bridgehead atoms. The number of nitrogens with one attached hydrogen (secondary N) is 2. The highest BCUT2D eigenvalue weighted by atomic mass is 127. The van der Waals surface area contributed by atoms with E-state index in [1.807, 2.05) is 7.05 Å². The number of rotatable bonds is 12. The van der Waals surface area contributed by atoms with Gasteiger partial charge in [0.1, 0.15) is 0 Å². The number of halogens is 1. The molecule has 1 heterocycles. The molecule has 1 saturated heterocycles. The lowest BCUT2D eigenvalue weighted by molar-refractivity contribution is 0.108. The number of piperazine rings is 1. The van der Waals surface area contributed by atoms with Crippen molar-refractivity contribution >= 4 is 35.6 Å². The molecule has 0 unspecified atom stereocenters. The van der Waals surface area contributed by atoms with Gasteiger partial charge in [0.05, 0.1) is 0 Å². The van der Waals surface area contributed by atoms with Crippen LogP contribution < -0.4 is 15.5 Å². The second-order valence-corrected chi connectivity index (χ2v) is 8.12. The molecule has 30 heavy (non-hydrogen) atoms. The predicted octanol–water partition coefficient (Wildman–Crippen LogP) is 3.43. The summed E-state index contributed by atoms with van der Waals surface area (Å²) in [5, 5.41) is 6.78. The first kappa shape index (κ1) is 27.0. The predicted molar refractivity (Wildman–Crippen MR) is 139 cm³/mol. The monoisotopic (exact) mass is 531 g/mol. The zero-order valence-electron chi connectivity index (χ0n) is 19.1. The summed E-state index contributed by atoms with van der Waals surface area (Å²) < 4.78 is 5.61. The van der Waals surface area contributed by atoms with E-state index < -0.39 is 0 Å². The number of guanidine groups is 1. The molecule has 0 aliphatic carbocycles. The Morgan fingerprint density at radius 1 is 1.00 bits per heavy atom. The van der Waals surface area contributed by atoms with Crippen molar-refractivity contribution in [1.29, 1.82) is 0 Å². The van der Waals surface area contributed by atoms with Crippen molar-refractivity contribution in [3.8, 4) is 0 Å². The first-order valence-corrected chi connectivity index (χ1v) is 11.2. The number of benzene rings is 1. The number of aliphatic imine (C=N–C) groups is 1. The Hall–Kier alpha value is -1.06. The highest BCUT2D eigenvalue weighted by molar-refractivity contribution is 14.0. The third-order valence-electron chi connectivity index (χ3n) is 5.12. The molecule has 0 spiro atoms. The maximum Gasteiger partial charge on any atom is 0.190 e. The van der Waals surface area contributed by atoms with Crippen molar-refractivity contribution in [1.82, 2.24) is 15.5 Å². The first-order chi connectivity index (χ1) is 14.2. The van der Waals surface area contributed by atoms with Gasteiger partial charge in [-0.2, -0.15) is 0 Å². The van der Waals surface area contributed by atoms with Crippen LogP contribution in [0, 0.1) is 5.92 Å². The van der Waals surface area contributed by atoms with Crippen molar-refractivity contribution in [3.63, 3.8) is 0 Å². The normalized spacial score (nSPS) is 15.2. The Balaban J connectivity index is 0.00000450. The van der Waals surface area contributed by atoms with Gasteiger partial charge in [-0.1, -0.05) is 32.0 Å². The van der Waals surface area contributed by atoms with Gasteiger partial charge in [0.2, 0.25) is 0 Å². The van der Waals surface area contributed by atoms with Crippen LogP contribution in [0.5, 0.6) is 0 Å². The van der Waals surface area contributed by atoms with E-state index in [0.29, 0.717) is 5.92 Å². The minimum Gasteiger partial charge on any atom is -0.381 e. The summed E-state index contributed by atoms with van der Waals surface area (Å²) in [6.07, 6.45) is 3.39. The molecule has 1 aliphatic rings. The maximum absolute atomic E-state index is 5.61. The third kappa shape index (κ3) is 11.4. The minimum atomic E-state index is 0. The number of para-hydroxylation sites is 1. The lowest BCUT2D eigenvalue weighted by atomic mass is 10.2. The molecule has 0 aromatic heterocycles. The average Bonchev–Trinajstić information content (AvgIpc) is 2.75. The summed E-state index contributed by atoms with van der Waals surface area (Å²) in [7, 11) is 1.83. The minimum absolute atomic E-state index is 0. The van der Waals surface area contributed by atoms with Gasteiger partial charge < -0.3 is 20.3 Å². The molecule has 6 nitrogen and oxygen atoms in total. The van der Waals surface area contributed by atoms with Gasteiger partial charge in [0.15, 0.2) is 5.96 Å². The molecular formula is C23H42IN5O. The van der Waals surface area contributed by atoms with Crippen LogP contribution >= 0.6 is 24.0 Å². The Labute approximate surface area is 200 Å². The number of anilines is 1. The standard InChI is InChI=1S/C23H41N5O.HI/c1-21(2)20-29-19-9-13-26-23(24-3)25-12-7-8-14-27-15-17-28(18-16-27)22-10-5-4-6-11-22;/h4-6,10-11,21H,7-9,12-20H2,1-3H3,(H2,24,25,26);1H. The van der Waals surface area contributed by atoms with Gasteiger partial charge in [-0.25, -0.2) is 0 Å². The SMILES string of the molecule is CN=C(NCCCCN1CCN(c2ccccc2)CC1)NCCCOCC(C)C.I. The summed E-state index contributed by atoms with van der Waals surface area (Å²) in [4.78, 5) is 9.37. The van der Waals surface area contributed by atoms with E-state index in [0.717, 1.165) is 71.3 Å². The van der Waals surface area contributed by atoms with Crippen LogP contribution in [-0.2, 0) is 4.74 Å². The lowest BCUT2D eigenvalue weighted by Gasteiger charge is -2.36. The molecule has 0 atom stereocenters. The fourth-order valence-corrected chi connectivity index (χ4v) is 3.46. The zero-order valence-corrected chi connectivity index (χ0v) is 21.4. The van der Waals surface area contributed by atoms with Crippen LogP contribution in [0.3, 0.4) is 0 Å².